The molecule has 0 unspecified atom stereocenters. The van der Waals surface area contributed by atoms with Gasteiger partial charge in [0.2, 0.25) is 0 Å². The van der Waals surface area contributed by atoms with E-state index in [0.29, 0.717) is 0 Å². The lowest BCUT2D eigenvalue weighted by Gasteiger charge is -2.18. The summed E-state index contributed by atoms with van der Waals surface area (Å²) in [6.07, 6.45) is 4.60. The Hall–Kier alpha value is -2.43. The largest absolute Gasteiger partial charge is 0.104 e. The minimum Gasteiger partial charge on any atom is -0.0897 e. The lowest BCUT2D eigenvalue weighted by Crippen LogP contribution is -2.39. The molecule has 0 spiro atoms. The third-order valence-electron chi connectivity index (χ3n) is 5.33. The summed E-state index contributed by atoms with van der Waals surface area (Å²) < 4.78 is 0. The van der Waals surface area contributed by atoms with Gasteiger partial charge in [-0.1, -0.05) is 139 Å². The minimum atomic E-state index is -1.56. The van der Waals surface area contributed by atoms with E-state index in [9.17, 15) is 0 Å². The molecule has 2 heteroatoms. The summed E-state index contributed by atoms with van der Waals surface area (Å²) in [5.74, 6) is 0. The van der Waals surface area contributed by atoms with E-state index < -0.39 is 16.1 Å². The lowest BCUT2D eigenvalue weighted by molar-refractivity contribution is 1.61. The van der Waals surface area contributed by atoms with E-state index in [1.165, 1.54) is 21.5 Å². The quantitative estimate of drug-likeness (QED) is 0.445. The maximum Gasteiger partial charge on any atom is 0.104 e. The van der Waals surface area contributed by atoms with Crippen molar-refractivity contribution >= 4 is 38.7 Å². The van der Waals surface area contributed by atoms with E-state index >= 15 is 0 Å². The van der Waals surface area contributed by atoms with Gasteiger partial charge in [0.25, 0.3) is 0 Å². The molecule has 0 N–H and O–H groups in total. The SMILES string of the molecule is C[Si](C)(/C=C\c1cccc(/C=C\[Si](C)(C)c2ccccc2)c1)c1ccccc1. The van der Waals surface area contributed by atoms with Crippen LogP contribution in [0.1, 0.15) is 11.1 Å². The maximum atomic E-state index is 2.44. The van der Waals surface area contributed by atoms with Crippen LogP contribution in [0.15, 0.2) is 96.3 Å². The van der Waals surface area contributed by atoms with Crippen molar-refractivity contribution in [3.63, 3.8) is 0 Å². The van der Waals surface area contributed by atoms with Crippen molar-refractivity contribution in [3.8, 4) is 0 Å². The molecule has 3 aromatic carbocycles. The van der Waals surface area contributed by atoms with Gasteiger partial charge >= 0.3 is 0 Å². The van der Waals surface area contributed by atoms with Crippen molar-refractivity contribution in [1.82, 2.24) is 0 Å². The van der Waals surface area contributed by atoms with Crippen molar-refractivity contribution in [2.45, 2.75) is 26.2 Å². The van der Waals surface area contributed by atoms with E-state index in [2.05, 4.69) is 135 Å². The molecule has 0 aliphatic rings. The van der Waals surface area contributed by atoms with Crippen molar-refractivity contribution in [3.05, 3.63) is 107 Å². The lowest BCUT2D eigenvalue weighted by atomic mass is 10.1. The predicted molar refractivity (Wildman–Crippen MR) is 132 cm³/mol. The van der Waals surface area contributed by atoms with Crippen LogP contribution in [0.4, 0.5) is 0 Å². The first-order valence-electron chi connectivity index (χ1n) is 9.96. The molecule has 0 fully saturated rings. The molecular weight excluding hydrogens is 368 g/mol. The van der Waals surface area contributed by atoms with Gasteiger partial charge < -0.3 is 0 Å². The smallest absolute Gasteiger partial charge is 0.0897 e. The van der Waals surface area contributed by atoms with Crippen LogP contribution in [0, 0.1) is 0 Å². The molecular formula is C26H30Si2. The standard InChI is InChI=1S/C26H30Si2/c1-27(2,25-14-7-5-8-15-25)20-18-23-12-11-13-24(22-23)19-21-28(3,4)26-16-9-6-10-17-26/h5-22H,1-4H3/b20-18-,21-19-. The van der Waals surface area contributed by atoms with E-state index in [1.54, 1.807) is 0 Å². The van der Waals surface area contributed by atoms with Gasteiger partial charge in [0.15, 0.2) is 0 Å². The van der Waals surface area contributed by atoms with Crippen LogP contribution in [-0.4, -0.2) is 16.1 Å². The van der Waals surface area contributed by atoms with Crippen LogP contribution in [0.5, 0.6) is 0 Å². The molecule has 0 atom stereocenters. The number of rotatable bonds is 6. The van der Waals surface area contributed by atoms with Crippen molar-refractivity contribution in [2.24, 2.45) is 0 Å². The Morgan fingerprint density at radius 2 is 0.893 bits per heavy atom. The second kappa shape index (κ2) is 8.72. The fraction of sp³-hybridized carbons (Fsp3) is 0.154. The van der Waals surface area contributed by atoms with Crippen LogP contribution in [-0.2, 0) is 0 Å². The van der Waals surface area contributed by atoms with Crippen LogP contribution in [0.2, 0.25) is 26.2 Å². The molecule has 3 rings (SSSR count). The Labute approximate surface area is 172 Å². The third-order valence-corrected chi connectivity index (χ3v) is 11.0. The molecule has 0 radical (unpaired) electrons. The Balaban J connectivity index is 1.77. The Morgan fingerprint density at radius 1 is 0.500 bits per heavy atom. The average molecular weight is 399 g/mol. The summed E-state index contributed by atoms with van der Waals surface area (Å²) in [5, 5.41) is 2.94. The Bertz CT molecular complexity index is 875. The zero-order valence-corrected chi connectivity index (χ0v) is 19.4. The predicted octanol–water partition coefficient (Wildman–Crippen LogP) is 6.02. The van der Waals surface area contributed by atoms with E-state index in [0.717, 1.165) is 0 Å². The fourth-order valence-corrected chi connectivity index (χ4v) is 7.01. The number of hydrogen-bond acceptors (Lipinski definition) is 0. The van der Waals surface area contributed by atoms with Gasteiger partial charge in [0.05, 0.1) is 0 Å². The van der Waals surface area contributed by atoms with Gasteiger partial charge in [-0.2, -0.15) is 0 Å². The van der Waals surface area contributed by atoms with Crippen LogP contribution < -0.4 is 10.4 Å². The van der Waals surface area contributed by atoms with Gasteiger partial charge in [0.1, 0.15) is 16.1 Å². The molecule has 0 heterocycles. The highest BCUT2D eigenvalue weighted by molar-refractivity contribution is 6.94. The van der Waals surface area contributed by atoms with Crippen LogP contribution >= 0.6 is 0 Å². The van der Waals surface area contributed by atoms with Crippen LogP contribution in [0.25, 0.3) is 12.2 Å². The monoisotopic (exact) mass is 398 g/mol. The Morgan fingerprint density at radius 3 is 1.29 bits per heavy atom. The highest BCUT2D eigenvalue weighted by Crippen LogP contribution is 2.14. The Kier molecular flexibility index (Phi) is 6.33. The molecule has 28 heavy (non-hydrogen) atoms. The third kappa shape index (κ3) is 5.31. The molecule has 0 saturated heterocycles. The van der Waals surface area contributed by atoms with E-state index in [4.69, 9.17) is 0 Å². The second-order valence-corrected chi connectivity index (χ2v) is 17.2. The molecule has 0 aliphatic carbocycles. The van der Waals surface area contributed by atoms with Gasteiger partial charge in [-0.25, -0.2) is 0 Å². The molecule has 0 aliphatic heterocycles. The zero-order valence-electron chi connectivity index (χ0n) is 17.4. The van der Waals surface area contributed by atoms with E-state index in [1.807, 2.05) is 0 Å². The summed E-state index contributed by atoms with van der Waals surface area (Å²) in [7, 11) is -3.13. The van der Waals surface area contributed by atoms with Gasteiger partial charge in [-0.15, -0.1) is 0 Å². The van der Waals surface area contributed by atoms with Crippen molar-refractivity contribution in [1.29, 1.82) is 0 Å². The van der Waals surface area contributed by atoms with Gasteiger partial charge in [0, 0.05) is 0 Å². The molecule has 0 amide bonds. The highest BCUT2D eigenvalue weighted by Gasteiger charge is 2.20. The molecule has 3 aromatic rings. The first kappa shape index (κ1) is 20.3. The minimum absolute atomic E-state index is 1.28. The highest BCUT2D eigenvalue weighted by atomic mass is 28.3. The average Bonchev–Trinajstić information content (AvgIpc) is 2.73. The molecule has 0 aromatic heterocycles. The number of benzene rings is 3. The number of hydrogen-bond donors (Lipinski definition) is 0. The summed E-state index contributed by atoms with van der Waals surface area (Å²) >= 11 is 0. The first-order chi connectivity index (χ1) is 13.4. The normalized spacial score (nSPS) is 12.7. The fourth-order valence-electron chi connectivity index (χ4n) is 3.30. The molecule has 142 valence electrons. The maximum absolute atomic E-state index is 2.44. The van der Waals surface area contributed by atoms with Gasteiger partial charge in [-0.3, -0.25) is 0 Å². The molecule has 0 bridgehead atoms. The van der Waals surface area contributed by atoms with Crippen LogP contribution in [0.3, 0.4) is 0 Å². The summed E-state index contributed by atoms with van der Waals surface area (Å²) in [6, 6.07) is 30.6. The second-order valence-electron chi connectivity index (χ2n) is 8.51. The van der Waals surface area contributed by atoms with E-state index in [-0.39, 0.29) is 0 Å². The summed E-state index contributed by atoms with van der Waals surface area (Å²) in [4.78, 5) is 0. The summed E-state index contributed by atoms with van der Waals surface area (Å²) in [5.41, 5.74) is 7.43. The topological polar surface area (TPSA) is 0 Å². The molecule has 0 nitrogen and oxygen atoms in total. The molecule has 0 saturated carbocycles. The zero-order chi connectivity index (χ0) is 20.0. The van der Waals surface area contributed by atoms with Crippen molar-refractivity contribution < 1.29 is 0 Å². The first-order valence-corrected chi connectivity index (χ1v) is 16.1. The van der Waals surface area contributed by atoms with Crippen molar-refractivity contribution in [2.75, 3.05) is 0 Å². The van der Waals surface area contributed by atoms with Gasteiger partial charge in [-0.05, 0) is 17.2 Å². The summed E-state index contributed by atoms with van der Waals surface area (Å²) in [6.45, 7) is 9.60.